The molecule has 0 saturated carbocycles. The summed E-state index contributed by atoms with van der Waals surface area (Å²) in [5, 5.41) is 1.55. The zero-order chi connectivity index (χ0) is 19.3. The first-order chi connectivity index (χ1) is 12.0. The van der Waals surface area contributed by atoms with Gasteiger partial charge in [-0.25, -0.2) is 22.7 Å². The van der Waals surface area contributed by atoms with E-state index in [0.29, 0.717) is 0 Å². The second kappa shape index (κ2) is 6.39. The molecule has 0 aliphatic carbocycles. The molecule has 3 aliphatic heterocycles. The zero-order valence-corrected chi connectivity index (χ0v) is 13.9. The predicted molar refractivity (Wildman–Crippen MR) is 77.3 cm³/mol. The molecule has 0 aromatic rings. The third-order valence-corrected chi connectivity index (χ3v) is 6.23. The van der Waals surface area contributed by atoms with Crippen LogP contribution in [0.4, 0.5) is 18.0 Å². The van der Waals surface area contributed by atoms with Crippen LogP contribution in [0.25, 0.3) is 0 Å². The normalized spacial score (nSPS) is 33.7. The minimum absolute atomic E-state index is 0.214. The molecule has 2 bridgehead atoms. The number of esters is 1. The summed E-state index contributed by atoms with van der Waals surface area (Å²) in [5.74, 6) is -1.64. The molecular weight excluding hydrogens is 385 g/mol. The van der Waals surface area contributed by atoms with Crippen molar-refractivity contribution in [2.45, 2.75) is 42.2 Å². The van der Waals surface area contributed by atoms with Crippen LogP contribution in [0.2, 0.25) is 0 Å². The summed E-state index contributed by atoms with van der Waals surface area (Å²) in [7, 11) is -3.50. The van der Waals surface area contributed by atoms with Crippen LogP contribution >= 0.6 is 0 Å². The number of halogens is 3. The molecule has 5 unspecified atom stereocenters. The summed E-state index contributed by atoms with van der Waals surface area (Å²) < 4.78 is 77.7. The fraction of sp³-hybridized carbons (Fsp3) is 0.692. The minimum Gasteiger partial charge on any atom is -0.460 e. The van der Waals surface area contributed by atoms with Crippen LogP contribution in [0.1, 0.15) is 6.42 Å². The van der Waals surface area contributed by atoms with Crippen LogP contribution < -0.4 is 10.0 Å². The van der Waals surface area contributed by atoms with Crippen molar-refractivity contribution in [3.8, 4) is 0 Å². The van der Waals surface area contributed by atoms with Crippen molar-refractivity contribution in [2.24, 2.45) is 0 Å². The summed E-state index contributed by atoms with van der Waals surface area (Å²) in [5.41, 5.74) is -1.65. The van der Waals surface area contributed by atoms with Gasteiger partial charge in [0, 0.05) is 0 Å². The van der Waals surface area contributed by atoms with Crippen LogP contribution in [0.3, 0.4) is 0 Å². The molecule has 146 valence electrons. The summed E-state index contributed by atoms with van der Waals surface area (Å²) in [6.45, 7) is 1.77. The Bertz CT molecular complexity index is 739. The molecule has 3 heterocycles. The number of rotatable bonds is 5. The Labute approximate surface area is 145 Å². The van der Waals surface area contributed by atoms with E-state index in [0.717, 1.165) is 0 Å². The number of hydrogen-bond acceptors (Lipinski definition) is 7. The summed E-state index contributed by atoms with van der Waals surface area (Å²) in [6.07, 6.45) is -7.53. The number of nitrogens with one attached hydrogen (secondary N) is 2. The first kappa shape index (κ1) is 18.9. The number of carbonyl (C=O) groups is 2. The maximum Gasteiger partial charge on any atom is 0.422 e. The highest BCUT2D eigenvalue weighted by molar-refractivity contribution is 7.90. The van der Waals surface area contributed by atoms with Crippen molar-refractivity contribution in [2.75, 3.05) is 13.2 Å². The van der Waals surface area contributed by atoms with E-state index in [-0.39, 0.29) is 13.0 Å². The largest absolute Gasteiger partial charge is 0.460 e. The molecular formula is C13H15F3N2O7S. The zero-order valence-electron chi connectivity index (χ0n) is 13.1. The molecule has 0 aromatic heterocycles. The number of ether oxygens (including phenoxy) is 3. The smallest absolute Gasteiger partial charge is 0.422 e. The lowest BCUT2D eigenvalue weighted by Crippen LogP contribution is -2.46. The Morgan fingerprint density at radius 2 is 2.04 bits per heavy atom. The van der Waals surface area contributed by atoms with Crippen molar-refractivity contribution in [3.05, 3.63) is 12.2 Å². The van der Waals surface area contributed by atoms with Gasteiger partial charge in [-0.15, -0.1) is 0 Å². The van der Waals surface area contributed by atoms with Gasteiger partial charge in [-0.1, -0.05) is 6.58 Å². The van der Waals surface area contributed by atoms with Crippen LogP contribution in [0, 0.1) is 0 Å². The molecule has 9 nitrogen and oxygen atoms in total. The number of alkyl carbamates (subject to hydrolysis) is 1. The highest BCUT2D eigenvalue weighted by Gasteiger charge is 2.65. The van der Waals surface area contributed by atoms with Gasteiger partial charge < -0.3 is 19.5 Å². The highest BCUT2D eigenvalue weighted by Crippen LogP contribution is 2.44. The van der Waals surface area contributed by atoms with E-state index in [1.807, 2.05) is 0 Å². The Hall–Kier alpha value is -1.86. The van der Waals surface area contributed by atoms with Crippen molar-refractivity contribution in [3.63, 3.8) is 0 Å². The topological polar surface area (TPSA) is 120 Å². The summed E-state index contributed by atoms with van der Waals surface area (Å²) in [6, 6.07) is -0.664. The van der Waals surface area contributed by atoms with Crippen LogP contribution in [0.5, 0.6) is 0 Å². The van der Waals surface area contributed by atoms with Gasteiger partial charge >= 0.3 is 18.2 Å². The van der Waals surface area contributed by atoms with E-state index in [1.54, 1.807) is 0 Å². The van der Waals surface area contributed by atoms with E-state index >= 15 is 0 Å². The number of alkyl halides is 3. The molecule has 0 radical (unpaired) electrons. The standard InChI is InChI=1S/C13H15F3N2O7S/c1-5(13(14,15)16)11(19)23-3-2-17-12(20)25-9-6-4-7-10(24-6)8(9)18-26(7,21)22/h6-10,18H,1-4H2,(H,17,20). The van der Waals surface area contributed by atoms with E-state index in [1.165, 1.54) is 0 Å². The quantitative estimate of drug-likeness (QED) is 0.366. The second-order valence-electron chi connectivity index (χ2n) is 6.01. The van der Waals surface area contributed by atoms with Crippen LogP contribution in [-0.2, 0) is 29.0 Å². The summed E-state index contributed by atoms with van der Waals surface area (Å²) in [4.78, 5) is 22.8. The lowest BCUT2D eigenvalue weighted by atomic mass is 9.93. The fourth-order valence-corrected chi connectivity index (χ4v) is 5.03. The van der Waals surface area contributed by atoms with E-state index < -0.39 is 70.0 Å². The van der Waals surface area contributed by atoms with Crippen molar-refractivity contribution < 1.29 is 45.4 Å². The number of sulfonamides is 1. The lowest BCUT2D eigenvalue weighted by molar-refractivity contribution is -0.150. The van der Waals surface area contributed by atoms with Gasteiger partial charge in [-0.2, -0.15) is 13.2 Å². The van der Waals surface area contributed by atoms with Gasteiger partial charge in [0.2, 0.25) is 10.0 Å². The fourth-order valence-electron chi connectivity index (χ4n) is 3.18. The van der Waals surface area contributed by atoms with E-state index in [4.69, 9.17) is 9.47 Å². The number of carbonyl (C=O) groups excluding carboxylic acids is 2. The highest BCUT2D eigenvalue weighted by atomic mass is 32.2. The Balaban J connectivity index is 1.41. The molecule has 1 amide bonds. The molecule has 0 spiro atoms. The van der Waals surface area contributed by atoms with Gasteiger partial charge in [0.1, 0.15) is 23.5 Å². The van der Waals surface area contributed by atoms with Gasteiger partial charge in [0.15, 0.2) is 0 Å². The van der Waals surface area contributed by atoms with Gasteiger partial charge in [0.25, 0.3) is 0 Å². The maximum atomic E-state index is 12.2. The number of amides is 1. The summed E-state index contributed by atoms with van der Waals surface area (Å²) >= 11 is 0. The second-order valence-corrected chi connectivity index (χ2v) is 7.94. The van der Waals surface area contributed by atoms with Crippen LogP contribution in [0.15, 0.2) is 12.2 Å². The Morgan fingerprint density at radius 1 is 1.35 bits per heavy atom. The molecule has 13 heteroatoms. The average molecular weight is 400 g/mol. The number of hydrogen-bond donors (Lipinski definition) is 2. The lowest BCUT2D eigenvalue weighted by Gasteiger charge is -2.22. The van der Waals surface area contributed by atoms with Crippen molar-refractivity contribution >= 4 is 22.1 Å². The maximum absolute atomic E-state index is 12.2. The van der Waals surface area contributed by atoms with E-state index in [2.05, 4.69) is 21.4 Å². The van der Waals surface area contributed by atoms with Gasteiger partial charge in [-0.3, -0.25) is 0 Å². The molecule has 3 fully saturated rings. The van der Waals surface area contributed by atoms with E-state index in [9.17, 15) is 31.2 Å². The first-order valence-electron chi connectivity index (χ1n) is 7.55. The van der Waals surface area contributed by atoms with Gasteiger partial charge in [-0.05, 0) is 6.42 Å². The average Bonchev–Trinajstić information content (AvgIpc) is 3.14. The molecule has 2 N–H and O–H groups in total. The van der Waals surface area contributed by atoms with Gasteiger partial charge in [0.05, 0.1) is 24.8 Å². The minimum atomic E-state index is -4.89. The third-order valence-electron chi connectivity index (χ3n) is 4.37. The molecule has 0 aromatic carbocycles. The van der Waals surface area contributed by atoms with Crippen LogP contribution in [-0.4, -0.2) is 69.4 Å². The monoisotopic (exact) mass is 400 g/mol. The van der Waals surface area contributed by atoms with Crippen molar-refractivity contribution in [1.82, 2.24) is 10.0 Å². The van der Waals surface area contributed by atoms with Crippen molar-refractivity contribution in [1.29, 1.82) is 0 Å². The molecule has 3 saturated heterocycles. The molecule has 26 heavy (non-hydrogen) atoms. The molecule has 3 rings (SSSR count). The molecule has 3 aliphatic rings. The third kappa shape index (κ3) is 3.38. The molecule has 5 atom stereocenters. The predicted octanol–water partition coefficient (Wildman–Crippen LogP) is -0.416. The first-order valence-corrected chi connectivity index (χ1v) is 9.09. The Kier molecular flexibility index (Phi) is 4.65. The Morgan fingerprint density at radius 3 is 2.69 bits per heavy atom. The number of fused-ring (bicyclic) bond motifs is 1. The SMILES string of the molecule is C=C(C(=O)OCCNC(=O)OC1C2CC3C(O2)C1NS3(=O)=O)C(F)(F)F.